The zero-order chi connectivity index (χ0) is 17.6. The fourth-order valence-electron chi connectivity index (χ4n) is 3.06. The van der Waals surface area contributed by atoms with Crippen LogP contribution in [0.25, 0.3) is 0 Å². The van der Waals surface area contributed by atoms with Crippen molar-refractivity contribution >= 4 is 17.7 Å². The van der Waals surface area contributed by atoms with Crippen LogP contribution < -0.4 is 10.6 Å². The maximum Gasteiger partial charge on any atom is 0.230 e. The quantitative estimate of drug-likeness (QED) is 0.772. The minimum absolute atomic E-state index is 0.0112. The molecule has 0 unspecified atom stereocenters. The summed E-state index contributed by atoms with van der Waals surface area (Å²) in [5, 5.41) is 15.8. The van der Waals surface area contributed by atoms with Crippen LogP contribution in [0.2, 0.25) is 0 Å². The molecule has 1 aliphatic heterocycles. The number of hydrogen-bond donors (Lipinski definition) is 2. The summed E-state index contributed by atoms with van der Waals surface area (Å²) in [4.78, 5) is 12.1. The molecule has 3 rings (SSSR count). The lowest BCUT2D eigenvalue weighted by molar-refractivity contribution is -0.118. The SMILES string of the molecule is Cc1ccccc1CNC(=O)CSc1nnc([C@@H]2CCCNC2)n1C. The van der Waals surface area contributed by atoms with Crippen molar-refractivity contribution in [1.29, 1.82) is 0 Å². The molecule has 6 nitrogen and oxygen atoms in total. The topological polar surface area (TPSA) is 71.8 Å². The summed E-state index contributed by atoms with van der Waals surface area (Å²) in [5.41, 5.74) is 2.33. The van der Waals surface area contributed by atoms with E-state index in [-0.39, 0.29) is 5.91 Å². The smallest absolute Gasteiger partial charge is 0.230 e. The Kier molecular flexibility index (Phi) is 6.09. The lowest BCUT2D eigenvalue weighted by Crippen LogP contribution is -2.29. The Morgan fingerprint density at radius 2 is 2.24 bits per heavy atom. The van der Waals surface area contributed by atoms with Crippen LogP contribution in [0.1, 0.15) is 35.7 Å². The van der Waals surface area contributed by atoms with Gasteiger partial charge in [0.05, 0.1) is 5.75 Å². The number of carbonyl (C=O) groups excluding carboxylic acids is 1. The van der Waals surface area contributed by atoms with Gasteiger partial charge in [-0.2, -0.15) is 0 Å². The van der Waals surface area contributed by atoms with Gasteiger partial charge in [-0.3, -0.25) is 4.79 Å². The van der Waals surface area contributed by atoms with Crippen LogP contribution in [0.4, 0.5) is 0 Å². The number of rotatable bonds is 6. The average molecular weight is 359 g/mol. The summed E-state index contributed by atoms with van der Waals surface area (Å²) in [6.45, 7) is 4.64. The van der Waals surface area contributed by atoms with E-state index in [4.69, 9.17) is 0 Å². The van der Waals surface area contributed by atoms with Crippen molar-refractivity contribution in [2.24, 2.45) is 7.05 Å². The first-order chi connectivity index (χ1) is 12.1. The summed E-state index contributed by atoms with van der Waals surface area (Å²) >= 11 is 1.44. The molecule has 2 heterocycles. The van der Waals surface area contributed by atoms with Gasteiger partial charge in [0.2, 0.25) is 5.91 Å². The van der Waals surface area contributed by atoms with Crippen molar-refractivity contribution in [3.63, 3.8) is 0 Å². The van der Waals surface area contributed by atoms with Gasteiger partial charge < -0.3 is 15.2 Å². The Hall–Kier alpha value is -1.86. The molecule has 1 aliphatic rings. The molecule has 1 atom stereocenters. The molecule has 25 heavy (non-hydrogen) atoms. The lowest BCUT2D eigenvalue weighted by Gasteiger charge is -2.21. The fraction of sp³-hybridized carbons (Fsp3) is 0.500. The summed E-state index contributed by atoms with van der Waals surface area (Å²) in [7, 11) is 1.98. The molecule has 0 radical (unpaired) electrons. The molecule has 134 valence electrons. The molecule has 0 spiro atoms. The van der Waals surface area contributed by atoms with E-state index in [9.17, 15) is 4.79 Å². The highest BCUT2D eigenvalue weighted by Crippen LogP contribution is 2.24. The van der Waals surface area contributed by atoms with Gasteiger partial charge in [-0.05, 0) is 37.4 Å². The van der Waals surface area contributed by atoms with Crippen LogP contribution >= 0.6 is 11.8 Å². The average Bonchev–Trinajstić information content (AvgIpc) is 3.00. The molecule has 2 aromatic rings. The van der Waals surface area contributed by atoms with Gasteiger partial charge >= 0.3 is 0 Å². The molecule has 1 aromatic heterocycles. The van der Waals surface area contributed by atoms with E-state index in [2.05, 4.69) is 33.8 Å². The number of aromatic nitrogens is 3. The molecule has 1 saturated heterocycles. The highest BCUT2D eigenvalue weighted by molar-refractivity contribution is 7.99. The Morgan fingerprint density at radius 1 is 1.40 bits per heavy atom. The van der Waals surface area contributed by atoms with Crippen LogP contribution in [-0.2, 0) is 18.4 Å². The standard InChI is InChI=1S/C18H25N5OS/c1-13-6-3-4-7-14(13)11-20-16(24)12-25-18-22-21-17(23(18)2)15-8-5-9-19-10-15/h3-4,6-7,15,19H,5,8-12H2,1-2H3,(H,20,24)/t15-/m1/s1. The maximum atomic E-state index is 12.1. The summed E-state index contributed by atoms with van der Waals surface area (Å²) in [5.74, 6) is 1.78. The molecular formula is C18H25N5OS. The zero-order valence-electron chi connectivity index (χ0n) is 14.8. The number of nitrogens with one attached hydrogen (secondary N) is 2. The molecule has 7 heteroatoms. The Balaban J connectivity index is 1.50. The molecular weight excluding hydrogens is 334 g/mol. The summed E-state index contributed by atoms with van der Waals surface area (Å²) in [6, 6.07) is 8.09. The first kappa shape index (κ1) is 17.9. The lowest BCUT2D eigenvalue weighted by atomic mass is 9.99. The first-order valence-electron chi connectivity index (χ1n) is 8.69. The number of nitrogens with zero attached hydrogens (tertiary/aromatic N) is 3. The van der Waals surface area contributed by atoms with Gasteiger partial charge in [0, 0.05) is 26.1 Å². The minimum atomic E-state index is 0.0112. The maximum absolute atomic E-state index is 12.1. The van der Waals surface area contributed by atoms with E-state index >= 15 is 0 Å². The van der Waals surface area contributed by atoms with Crippen LogP contribution in [0.3, 0.4) is 0 Å². The molecule has 2 N–H and O–H groups in total. The van der Waals surface area contributed by atoms with Crippen molar-refractivity contribution in [3.05, 3.63) is 41.2 Å². The third-order valence-corrected chi connectivity index (χ3v) is 5.62. The third kappa shape index (κ3) is 4.61. The van der Waals surface area contributed by atoms with Crippen LogP contribution in [0.5, 0.6) is 0 Å². The molecule has 0 saturated carbocycles. The predicted molar refractivity (Wildman–Crippen MR) is 99.6 cm³/mol. The number of carbonyl (C=O) groups is 1. The fourth-order valence-corrected chi connectivity index (χ4v) is 3.81. The van der Waals surface area contributed by atoms with Gasteiger partial charge in [0.25, 0.3) is 0 Å². The molecule has 1 fully saturated rings. The van der Waals surface area contributed by atoms with Crippen molar-refractivity contribution in [2.45, 2.75) is 37.4 Å². The van der Waals surface area contributed by atoms with Crippen LogP contribution in [-0.4, -0.2) is 39.5 Å². The van der Waals surface area contributed by atoms with Crippen molar-refractivity contribution in [3.8, 4) is 0 Å². The van der Waals surface area contributed by atoms with E-state index < -0.39 is 0 Å². The van der Waals surface area contributed by atoms with Gasteiger partial charge in [-0.1, -0.05) is 36.0 Å². The van der Waals surface area contributed by atoms with Crippen LogP contribution in [0, 0.1) is 6.92 Å². The zero-order valence-corrected chi connectivity index (χ0v) is 15.6. The number of piperidine rings is 1. The summed E-state index contributed by atoms with van der Waals surface area (Å²) < 4.78 is 2.02. The minimum Gasteiger partial charge on any atom is -0.351 e. The highest BCUT2D eigenvalue weighted by atomic mass is 32.2. The van der Waals surface area contributed by atoms with E-state index in [1.165, 1.54) is 23.7 Å². The van der Waals surface area contributed by atoms with Crippen molar-refractivity contribution in [2.75, 3.05) is 18.8 Å². The largest absolute Gasteiger partial charge is 0.351 e. The molecule has 0 bridgehead atoms. The number of aryl methyl sites for hydroxylation is 1. The second kappa shape index (κ2) is 8.49. The van der Waals surface area contributed by atoms with E-state index in [0.717, 1.165) is 36.1 Å². The second-order valence-electron chi connectivity index (χ2n) is 6.43. The molecule has 1 aromatic carbocycles. The van der Waals surface area contributed by atoms with Gasteiger partial charge in [-0.25, -0.2) is 0 Å². The van der Waals surface area contributed by atoms with E-state index in [0.29, 0.717) is 18.2 Å². The molecule has 0 aliphatic carbocycles. The van der Waals surface area contributed by atoms with Gasteiger partial charge in [0.15, 0.2) is 5.16 Å². The van der Waals surface area contributed by atoms with Crippen LogP contribution in [0.15, 0.2) is 29.4 Å². The summed E-state index contributed by atoms with van der Waals surface area (Å²) in [6.07, 6.45) is 2.31. The second-order valence-corrected chi connectivity index (χ2v) is 7.38. The van der Waals surface area contributed by atoms with E-state index in [1.807, 2.05) is 29.8 Å². The normalized spacial score (nSPS) is 17.4. The van der Waals surface area contributed by atoms with Gasteiger partial charge in [-0.15, -0.1) is 10.2 Å². The number of amides is 1. The Labute approximate surface area is 152 Å². The Bertz CT molecular complexity index is 724. The first-order valence-corrected chi connectivity index (χ1v) is 9.67. The highest BCUT2D eigenvalue weighted by Gasteiger charge is 2.22. The number of hydrogen-bond acceptors (Lipinski definition) is 5. The van der Waals surface area contributed by atoms with Gasteiger partial charge in [0.1, 0.15) is 5.82 Å². The predicted octanol–water partition coefficient (Wildman–Crippen LogP) is 2.00. The van der Waals surface area contributed by atoms with E-state index in [1.54, 1.807) is 0 Å². The Morgan fingerprint density at radius 3 is 3.00 bits per heavy atom. The van der Waals surface area contributed by atoms with Crippen molar-refractivity contribution in [1.82, 2.24) is 25.4 Å². The monoisotopic (exact) mass is 359 g/mol. The third-order valence-electron chi connectivity index (χ3n) is 4.60. The van der Waals surface area contributed by atoms with Crippen molar-refractivity contribution < 1.29 is 4.79 Å². The number of thioether (sulfide) groups is 1. The molecule has 1 amide bonds. The number of benzene rings is 1.